The van der Waals surface area contributed by atoms with Crippen molar-refractivity contribution < 1.29 is 8.42 Å². The Hall–Kier alpha value is -0.840. The average Bonchev–Trinajstić information content (AvgIpc) is 2.71. The lowest BCUT2D eigenvalue weighted by Crippen LogP contribution is -2.14. The topological polar surface area (TPSA) is 89.8 Å². The van der Waals surface area contributed by atoms with Crippen LogP contribution >= 0.6 is 39.3 Å². The Morgan fingerprint density at radius 2 is 2.20 bits per heavy atom. The van der Waals surface area contributed by atoms with Crippen molar-refractivity contribution in [2.45, 2.75) is 10.1 Å². The summed E-state index contributed by atoms with van der Waals surface area (Å²) in [6.45, 7) is 0. The van der Waals surface area contributed by atoms with Crippen molar-refractivity contribution in [3.63, 3.8) is 0 Å². The van der Waals surface area contributed by atoms with Crippen LogP contribution in [0, 0.1) is 0 Å². The molecule has 0 aliphatic carbocycles. The summed E-state index contributed by atoms with van der Waals surface area (Å²) in [5.41, 5.74) is 0. The zero-order chi connectivity index (χ0) is 14.9. The number of sulfonamides is 1. The van der Waals surface area contributed by atoms with E-state index in [0.29, 0.717) is 9.63 Å². The molecule has 0 bridgehead atoms. The number of rotatable bonds is 4. The first-order valence-corrected chi connectivity index (χ1v) is 9.00. The molecule has 0 saturated carbocycles. The predicted octanol–water partition coefficient (Wildman–Crippen LogP) is 2.15. The molecule has 0 aromatic carbocycles. The van der Waals surface area contributed by atoms with Crippen LogP contribution in [0.1, 0.15) is 0 Å². The van der Waals surface area contributed by atoms with Gasteiger partial charge in [-0.2, -0.15) is 4.98 Å². The van der Waals surface area contributed by atoms with Gasteiger partial charge in [0.25, 0.3) is 16.0 Å². The summed E-state index contributed by atoms with van der Waals surface area (Å²) < 4.78 is 28.5. The van der Waals surface area contributed by atoms with E-state index >= 15 is 0 Å². The van der Waals surface area contributed by atoms with Crippen LogP contribution < -0.4 is 4.72 Å². The molecule has 0 unspecified atom stereocenters. The normalized spacial score (nSPS) is 11.6. The molecule has 20 heavy (non-hydrogen) atoms. The summed E-state index contributed by atoms with van der Waals surface area (Å²) in [4.78, 5) is 7.78. The molecular weight excluding hydrogens is 390 g/mol. The highest BCUT2D eigenvalue weighted by Gasteiger charge is 2.19. The lowest BCUT2D eigenvalue weighted by molar-refractivity contribution is 0.600. The Balaban J connectivity index is 2.32. The van der Waals surface area contributed by atoms with Gasteiger partial charge in [0, 0.05) is 13.2 Å². The van der Waals surface area contributed by atoms with E-state index in [1.54, 1.807) is 7.05 Å². The maximum atomic E-state index is 12.2. The Morgan fingerprint density at radius 3 is 2.75 bits per heavy atom. The zero-order valence-corrected chi connectivity index (χ0v) is 14.3. The van der Waals surface area contributed by atoms with Gasteiger partial charge < -0.3 is 0 Å². The Morgan fingerprint density at radius 1 is 1.50 bits per heavy atom. The molecule has 2 aromatic rings. The molecule has 7 nitrogen and oxygen atoms in total. The standard InChI is InChI=1S/C9H9BrClN5O2S2/c1-16-9(19-2)13-8(14-16)15-20(17,18)5-3-6(10)7(11)12-4-5/h3-4H,1-2H3,(H,14,15). The fourth-order valence-electron chi connectivity index (χ4n) is 1.32. The fourth-order valence-corrected chi connectivity index (χ4v) is 3.32. The van der Waals surface area contributed by atoms with E-state index in [4.69, 9.17) is 11.6 Å². The first-order chi connectivity index (χ1) is 9.33. The maximum absolute atomic E-state index is 12.2. The molecule has 0 amide bonds. The Bertz CT molecular complexity index is 749. The smallest absolute Gasteiger partial charge is 0.246 e. The van der Waals surface area contributed by atoms with Gasteiger partial charge in [-0.15, -0.1) is 5.10 Å². The van der Waals surface area contributed by atoms with Crippen LogP contribution in [0.2, 0.25) is 5.15 Å². The second-order valence-corrected chi connectivity index (χ2v) is 7.26. The number of nitrogens with zero attached hydrogens (tertiary/aromatic N) is 4. The molecule has 1 N–H and O–H groups in total. The summed E-state index contributed by atoms with van der Waals surface area (Å²) in [6.07, 6.45) is 2.98. The number of aryl methyl sites for hydroxylation is 1. The van der Waals surface area contributed by atoms with E-state index < -0.39 is 10.0 Å². The van der Waals surface area contributed by atoms with Gasteiger partial charge >= 0.3 is 0 Å². The van der Waals surface area contributed by atoms with Gasteiger partial charge in [0.1, 0.15) is 10.0 Å². The zero-order valence-electron chi connectivity index (χ0n) is 10.3. The van der Waals surface area contributed by atoms with Crippen molar-refractivity contribution in [2.75, 3.05) is 11.0 Å². The van der Waals surface area contributed by atoms with Gasteiger partial charge in [0.05, 0.1) is 4.47 Å². The van der Waals surface area contributed by atoms with E-state index in [9.17, 15) is 8.42 Å². The first kappa shape index (κ1) is 15.5. The number of hydrogen-bond acceptors (Lipinski definition) is 6. The lowest BCUT2D eigenvalue weighted by atomic mass is 10.5. The monoisotopic (exact) mass is 397 g/mol. The number of hydrogen-bond donors (Lipinski definition) is 1. The average molecular weight is 399 g/mol. The van der Waals surface area contributed by atoms with Crippen LogP contribution in [0.15, 0.2) is 26.8 Å². The highest BCUT2D eigenvalue weighted by Crippen LogP contribution is 2.24. The summed E-state index contributed by atoms with van der Waals surface area (Å²) in [6, 6.07) is 1.36. The molecule has 0 aliphatic rings. The number of aromatic nitrogens is 4. The number of halogens is 2. The van der Waals surface area contributed by atoms with Crippen molar-refractivity contribution >= 4 is 55.3 Å². The number of anilines is 1. The van der Waals surface area contributed by atoms with Crippen LogP contribution in [-0.2, 0) is 17.1 Å². The molecule has 0 saturated heterocycles. The van der Waals surface area contributed by atoms with Crippen LogP contribution in [-0.4, -0.2) is 34.4 Å². The molecule has 0 spiro atoms. The Labute approximate surface area is 133 Å². The fraction of sp³-hybridized carbons (Fsp3) is 0.222. The minimum atomic E-state index is -3.81. The summed E-state index contributed by atoms with van der Waals surface area (Å²) in [5, 5.41) is 4.75. The van der Waals surface area contributed by atoms with Crippen LogP contribution in [0.3, 0.4) is 0 Å². The van der Waals surface area contributed by atoms with Gasteiger partial charge in [0.15, 0.2) is 5.16 Å². The number of thioether (sulfide) groups is 1. The third kappa shape index (κ3) is 3.25. The molecule has 2 heterocycles. The first-order valence-electron chi connectivity index (χ1n) is 5.12. The molecule has 0 atom stereocenters. The van der Waals surface area contributed by atoms with E-state index in [2.05, 4.69) is 35.7 Å². The van der Waals surface area contributed by atoms with Crippen LogP contribution in [0.25, 0.3) is 0 Å². The lowest BCUT2D eigenvalue weighted by Gasteiger charge is -2.04. The Kier molecular flexibility index (Phi) is 4.57. The molecular formula is C9H9BrClN5O2S2. The maximum Gasteiger partial charge on any atom is 0.265 e. The molecule has 2 rings (SSSR count). The van der Waals surface area contributed by atoms with Gasteiger partial charge in [-0.25, -0.2) is 22.8 Å². The van der Waals surface area contributed by atoms with E-state index in [1.807, 2.05) is 6.26 Å². The highest BCUT2D eigenvalue weighted by atomic mass is 79.9. The van der Waals surface area contributed by atoms with Crippen molar-refractivity contribution in [2.24, 2.45) is 7.05 Å². The van der Waals surface area contributed by atoms with Crippen molar-refractivity contribution in [3.8, 4) is 0 Å². The SMILES string of the molecule is CSc1nc(NS(=O)(=O)c2cnc(Cl)c(Br)c2)nn1C. The van der Waals surface area contributed by atoms with Crippen molar-refractivity contribution in [3.05, 3.63) is 21.9 Å². The largest absolute Gasteiger partial charge is 0.265 e. The number of pyridine rings is 1. The molecule has 0 radical (unpaired) electrons. The molecule has 11 heteroatoms. The summed E-state index contributed by atoms with van der Waals surface area (Å²) >= 11 is 10.2. The van der Waals surface area contributed by atoms with E-state index in [0.717, 1.165) is 6.20 Å². The molecule has 2 aromatic heterocycles. The second-order valence-electron chi connectivity index (χ2n) is 3.59. The van der Waals surface area contributed by atoms with Crippen LogP contribution in [0.5, 0.6) is 0 Å². The van der Waals surface area contributed by atoms with E-state index in [1.165, 1.54) is 22.5 Å². The third-order valence-electron chi connectivity index (χ3n) is 2.21. The predicted molar refractivity (Wildman–Crippen MR) is 80.5 cm³/mol. The van der Waals surface area contributed by atoms with Gasteiger partial charge in [-0.05, 0) is 28.3 Å². The molecule has 0 fully saturated rings. The van der Waals surface area contributed by atoms with Gasteiger partial charge in [-0.1, -0.05) is 23.4 Å². The molecule has 108 valence electrons. The highest BCUT2D eigenvalue weighted by molar-refractivity contribution is 9.10. The summed E-state index contributed by atoms with van der Waals surface area (Å²) in [7, 11) is -2.14. The quantitative estimate of drug-likeness (QED) is 0.627. The summed E-state index contributed by atoms with van der Waals surface area (Å²) in [5.74, 6) is 0.00271. The van der Waals surface area contributed by atoms with Crippen molar-refractivity contribution in [1.29, 1.82) is 0 Å². The minimum Gasteiger partial charge on any atom is -0.246 e. The van der Waals surface area contributed by atoms with Crippen LogP contribution in [0.4, 0.5) is 5.95 Å². The minimum absolute atomic E-state index is 0.00271. The van der Waals surface area contributed by atoms with Crippen molar-refractivity contribution in [1.82, 2.24) is 19.7 Å². The van der Waals surface area contributed by atoms with Gasteiger partial charge in [0.2, 0.25) is 0 Å². The number of nitrogens with one attached hydrogen (secondary N) is 1. The van der Waals surface area contributed by atoms with Gasteiger partial charge in [-0.3, -0.25) is 0 Å². The second kappa shape index (κ2) is 5.88. The third-order valence-corrected chi connectivity index (χ3v) is 5.36. The van der Waals surface area contributed by atoms with E-state index in [-0.39, 0.29) is 16.0 Å². The molecule has 0 aliphatic heterocycles.